The molecule has 1 aromatic rings. The minimum atomic E-state index is 0.426. The van der Waals surface area contributed by atoms with Gasteiger partial charge in [0, 0.05) is 11.9 Å². The fraction of sp³-hybridized carbons (Fsp3) is 0.125. The highest BCUT2D eigenvalue weighted by atomic mass is 35.5. The molecule has 2 heterocycles. The molecule has 14 heavy (non-hydrogen) atoms. The molecular formula is C8H10ClN5. The molecule has 1 aromatic heterocycles. The minimum absolute atomic E-state index is 0.426. The quantitative estimate of drug-likeness (QED) is 0.521. The van der Waals surface area contributed by atoms with Crippen LogP contribution < -0.4 is 16.6 Å². The van der Waals surface area contributed by atoms with Crippen molar-refractivity contribution in [2.24, 2.45) is 11.6 Å². The number of hydrogen-bond acceptors (Lipinski definition) is 5. The number of pyridine rings is 1. The largest absolute Gasteiger partial charge is 0.400 e. The summed E-state index contributed by atoms with van der Waals surface area (Å²) in [6.07, 6.45) is 1.72. The van der Waals surface area contributed by atoms with Crippen LogP contribution in [0.2, 0.25) is 5.15 Å². The Balaban J connectivity index is 2.31. The van der Waals surface area contributed by atoms with Crippen molar-refractivity contribution in [3.05, 3.63) is 35.2 Å². The maximum Gasteiger partial charge on any atom is 0.150 e. The van der Waals surface area contributed by atoms with Gasteiger partial charge in [0.1, 0.15) is 11.0 Å². The number of hydrazine groups is 2. The topological polar surface area (TPSA) is 71.4 Å². The van der Waals surface area contributed by atoms with Crippen molar-refractivity contribution in [1.82, 2.24) is 10.1 Å². The maximum absolute atomic E-state index is 5.76. The van der Waals surface area contributed by atoms with Crippen molar-refractivity contribution < 1.29 is 0 Å². The Morgan fingerprint density at radius 1 is 1.43 bits per heavy atom. The van der Waals surface area contributed by atoms with Gasteiger partial charge in [-0.1, -0.05) is 17.7 Å². The van der Waals surface area contributed by atoms with Crippen LogP contribution in [-0.4, -0.2) is 16.6 Å². The van der Waals surface area contributed by atoms with Crippen LogP contribution in [-0.2, 0) is 0 Å². The van der Waals surface area contributed by atoms with Crippen molar-refractivity contribution in [3.63, 3.8) is 0 Å². The lowest BCUT2D eigenvalue weighted by Crippen LogP contribution is -2.41. The lowest BCUT2D eigenvalue weighted by Gasteiger charge is -2.22. The first-order valence-electron chi connectivity index (χ1n) is 4.07. The second-order valence-corrected chi connectivity index (χ2v) is 3.35. The van der Waals surface area contributed by atoms with E-state index in [0.29, 0.717) is 23.2 Å². The molecule has 0 atom stereocenters. The summed E-state index contributed by atoms with van der Waals surface area (Å²) in [6, 6.07) is 5.32. The van der Waals surface area contributed by atoms with Crippen LogP contribution in [0.1, 0.15) is 0 Å². The van der Waals surface area contributed by atoms with Crippen LogP contribution in [0.3, 0.4) is 0 Å². The lowest BCUT2D eigenvalue weighted by atomic mass is 10.4. The molecule has 0 radical (unpaired) electrons. The predicted molar refractivity (Wildman–Crippen MR) is 54.9 cm³/mol. The highest BCUT2D eigenvalue weighted by Crippen LogP contribution is 2.19. The van der Waals surface area contributed by atoms with E-state index in [9.17, 15) is 0 Å². The first kappa shape index (κ1) is 9.26. The van der Waals surface area contributed by atoms with Crippen LogP contribution in [0, 0.1) is 0 Å². The highest BCUT2D eigenvalue weighted by Gasteiger charge is 2.19. The van der Waals surface area contributed by atoms with Crippen LogP contribution in [0.4, 0.5) is 5.82 Å². The Morgan fingerprint density at radius 2 is 2.21 bits per heavy atom. The van der Waals surface area contributed by atoms with Gasteiger partial charge in [0.05, 0.1) is 6.54 Å². The monoisotopic (exact) mass is 211 g/mol. The van der Waals surface area contributed by atoms with Gasteiger partial charge in [-0.15, -0.1) is 5.12 Å². The molecule has 0 bridgehead atoms. The third-order valence-corrected chi connectivity index (χ3v) is 2.06. The van der Waals surface area contributed by atoms with Crippen molar-refractivity contribution >= 4 is 17.4 Å². The Morgan fingerprint density at radius 3 is 2.79 bits per heavy atom. The van der Waals surface area contributed by atoms with E-state index in [2.05, 4.69) is 4.98 Å². The van der Waals surface area contributed by atoms with Crippen molar-refractivity contribution in [1.29, 1.82) is 0 Å². The van der Waals surface area contributed by atoms with Gasteiger partial charge in [0.25, 0.3) is 0 Å². The number of hydrogen-bond donors (Lipinski definition) is 2. The molecule has 0 aliphatic carbocycles. The molecule has 0 amide bonds. The number of aromatic nitrogens is 1. The molecule has 6 heteroatoms. The Hall–Kier alpha value is -1.30. The minimum Gasteiger partial charge on any atom is -0.400 e. The van der Waals surface area contributed by atoms with Crippen LogP contribution in [0.5, 0.6) is 0 Å². The van der Waals surface area contributed by atoms with E-state index in [1.165, 1.54) is 5.12 Å². The van der Waals surface area contributed by atoms with Crippen LogP contribution in [0.25, 0.3) is 0 Å². The smallest absolute Gasteiger partial charge is 0.150 e. The van der Waals surface area contributed by atoms with Crippen molar-refractivity contribution in [2.75, 3.05) is 11.6 Å². The molecule has 0 fully saturated rings. The molecule has 0 unspecified atom stereocenters. The van der Waals surface area contributed by atoms with E-state index in [1.807, 2.05) is 0 Å². The van der Waals surface area contributed by atoms with E-state index in [1.54, 1.807) is 29.4 Å². The zero-order valence-corrected chi connectivity index (χ0v) is 8.15. The van der Waals surface area contributed by atoms with Gasteiger partial charge in [-0.25, -0.2) is 15.8 Å². The van der Waals surface area contributed by atoms with Gasteiger partial charge in [0.2, 0.25) is 0 Å². The van der Waals surface area contributed by atoms with Crippen molar-refractivity contribution in [2.45, 2.75) is 0 Å². The first-order valence-corrected chi connectivity index (χ1v) is 4.45. The summed E-state index contributed by atoms with van der Waals surface area (Å²) in [7, 11) is 0. The molecule has 0 aromatic carbocycles. The normalized spacial score (nSPS) is 17.3. The van der Waals surface area contributed by atoms with E-state index in [4.69, 9.17) is 23.2 Å². The molecule has 4 N–H and O–H groups in total. The summed E-state index contributed by atoms with van der Waals surface area (Å²) in [5.74, 6) is 6.35. The van der Waals surface area contributed by atoms with Gasteiger partial charge in [-0.3, -0.25) is 0 Å². The zero-order valence-electron chi connectivity index (χ0n) is 7.39. The molecule has 1 aliphatic rings. The van der Waals surface area contributed by atoms with Gasteiger partial charge in [-0.2, -0.15) is 0 Å². The summed E-state index contributed by atoms with van der Waals surface area (Å²) in [5.41, 5.74) is 6.32. The summed E-state index contributed by atoms with van der Waals surface area (Å²) in [6.45, 7) is 0.494. The first-order chi connectivity index (χ1) is 6.66. The molecule has 1 aliphatic heterocycles. The van der Waals surface area contributed by atoms with E-state index in [-0.39, 0.29) is 0 Å². The average Bonchev–Trinajstić information content (AvgIpc) is 2.45. The summed E-state index contributed by atoms with van der Waals surface area (Å²) in [5, 5.41) is 3.55. The average molecular weight is 212 g/mol. The second-order valence-electron chi connectivity index (χ2n) is 2.96. The van der Waals surface area contributed by atoms with E-state index in [0.717, 1.165) is 0 Å². The third kappa shape index (κ3) is 1.65. The molecule has 0 spiro atoms. The van der Waals surface area contributed by atoms with Gasteiger partial charge in [0.15, 0.2) is 0 Å². The number of nitrogens with two attached hydrogens (primary N) is 2. The summed E-state index contributed by atoms with van der Waals surface area (Å²) in [4.78, 5) is 4.11. The number of anilines is 1. The third-order valence-electron chi connectivity index (χ3n) is 1.84. The van der Waals surface area contributed by atoms with Gasteiger partial charge in [-0.05, 0) is 12.1 Å². The number of rotatable bonds is 1. The van der Waals surface area contributed by atoms with Gasteiger partial charge < -0.3 is 5.73 Å². The molecule has 0 saturated heterocycles. The maximum atomic E-state index is 5.76. The van der Waals surface area contributed by atoms with E-state index < -0.39 is 0 Å². The molecule has 2 rings (SSSR count). The fourth-order valence-corrected chi connectivity index (χ4v) is 1.42. The Kier molecular flexibility index (Phi) is 2.28. The molecule has 5 nitrogen and oxygen atoms in total. The number of halogens is 1. The second kappa shape index (κ2) is 3.45. The Bertz CT molecular complexity index is 378. The standard InChI is InChI=1S/C8H10ClN5/c9-7-2-1-3-8(12-7)13-4-6(10)5-14(13)11/h1-4H,5,10-11H2. The zero-order chi connectivity index (χ0) is 10.1. The number of nitrogens with zero attached hydrogens (tertiary/aromatic N) is 3. The predicted octanol–water partition coefficient (Wildman–Crippen LogP) is 0.446. The molecule has 0 saturated carbocycles. The molecular weight excluding hydrogens is 202 g/mol. The van der Waals surface area contributed by atoms with Crippen molar-refractivity contribution in [3.8, 4) is 0 Å². The van der Waals surface area contributed by atoms with Gasteiger partial charge >= 0.3 is 0 Å². The summed E-state index contributed by atoms with van der Waals surface area (Å²) < 4.78 is 0. The highest BCUT2D eigenvalue weighted by molar-refractivity contribution is 6.29. The molecule has 74 valence electrons. The van der Waals surface area contributed by atoms with E-state index >= 15 is 0 Å². The van der Waals surface area contributed by atoms with Crippen LogP contribution >= 0.6 is 11.6 Å². The lowest BCUT2D eigenvalue weighted by molar-refractivity contribution is 0.329. The summed E-state index contributed by atoms with van der Waals surface area (Å²) >= 11 is 5.76. The Labute approximate surface area is 86.5 Å². The fourth-order valence-electron chi connectivity index (χ4n) is 1.26. The van der Waals surface area contributed by atoms with Crippen LogP contribution in [0.15, 0.2) is 30.1 Å². The SMILES string of the molecule is NC1=CN(c2cccc(Cl)n2)N(N)C1.